The van der Waals surface area contributed by atoms with Gasteiger partial charge >= 0.3 is 0 Å². The second-order valence-corrected chi connectivity index (χ2v) is 6.35. The van der Waals surface area contributed by atoms with Gasteiger partial charge in [-0.15, -0.1) is 0 Å². The van der Waals surface area contributed by atoms with Crippen molar-refractivity contribution >= 4 is 5.91 Å². The molecule has 3 rings (SSSR count). The summed E-state index contributed by atoms with van der Waals surface area (Å²) in [7, 11) is 0. The first-order valence-corrected chi connectivity index (χ1v) is 8.49. The Bertz CT molecular complexity index is 654. The van der Waals surface area contributed by atoms with Crippen LogP contribution in [0.1, 0.15) is 48.5 Å². The minimum Gasteiger partial charge on any atom is -0.344 e. The summed E-state index contributed by atoms with van der Waals surface area (Å²) in [4.78, 5) is 12.3. The lowest BCUT2D eigenvalue weighted by Crippen LogP contribution is -2.87. The van der Waals surface area contributed by atoms with Gasteiger partial charge in [-0.05, 0) is 37.3 Å². The minimum atomic E-state index is 0.120. The third kappa shape index (κ3) is 3.99. The van der Waals surface area contributed by atoms with E-state index in [4.69, 9.17) is 0 Å². The van der Waals surface area contributed by atoms with Crippen LogP contribution in [0.4, 0.5) is 0 Å². The predicted molar refractivity (Wildman–Crippen MR) is 91.9 cm³/mol. The van der Waals surface area contributed by atoms with E-state index >= 15 is 0 Å². The standard InChI is InChI=1S/C20H24N2O/c1-15(16-8-3-2-4-9-16)21-14-20(23)22-19-13-7-11-17-10-5-6-12-18(17)19/h2-6,8-10,12,15,19,21H,7,11,13-14H2,1H3,(H,22,23)/p+1/t15-,19+/m1/s1. The summed E-state index contributed by atoms with van der Waals surface area (Å²) >= 11 is 0. The highest BCUT2D eigenvalue weighted by molar-refractivity contribution is 5.77. The number of rotatable bonds is 5. The number of amides is 1. The highest BCUT2D eigenvalue weighted by Gasteiger charge is 2.22. The van der Waals surface area contributed by atoms with E-state index in [-0.39, 0.29) is 11.9 Å². The minimum absolute atomic E-state index is 0.120. The van der Waals surface area contributed by atoms with Crippen LogP contribution in [0.15, 0.2) is 54.6 Å². The number of carbonyl (C=O) groups excluding carboxylic acids is 1. The van der Waals surface area contributed by atoms with E-state index in [0.29, 0.717) is 12.6 Å². The van der Waals surface area contributed by atoms with Crippen molar-refractivity contribution in [2.75, 3.05) is 6.54 Å². The van der Waals surface area contributed by atoms with Crippen LogP contribution in [0.2, 0.25) is 0 Å². The number of hydrogen-bond donors (Lipinski definition) is 2. The van der Waals surface area contributed by atoms with Crippen molar-refractivity contribution in [3.63, 3.8) is 0 Å². The summed E-state index contributed by atoms with van der Waals surface area (Å²) in [6.07, 6.45) is 3.31. The van der Waals surface area contributed by atoms with Crippen LogP contribution in [0.25, 0.3) is 0 Å². The van der Waals surface area contributed by atoms with Crippen LogP contribution >= 0.6 is 0 Å². The Balaban J connectivity index is 1.54. The Kier molecular flexibility index (Phi) is 5.09. The second kappa shape index (κ2) is 7.42. The van der Waals surface area contributed by atoms with E-state index in [1.165, 1.54) is 16.7 Å². The highest BCUT2D eigenvalue weighted by Crippen LogP contribution is 2.29. The van der Waals surface area contributed by atoms with Gasteiger partial charge in [0, 0.05) is 5.56 Å². The van der Waals surface area contributed by atoms with Crippen molar-refractivity contribution in [3.05, 3.63) is 71.3 Å². The molecule has 0 aliphatic heterocycles. The molecule has 0 spiro atoms. The Morgan fingerprint density at radius 3 is 2.74 bits per heavy atom. The Hall–Kier alpha value is -2.13. The lowest BCUT2D eigenvalue weighted by Gasteiger charge is -2.26. The van der Waals surface area contributed by atoms with Crippen LogP contribution < -0.4 is 10.6 Å². The highest BCUT2D eigenvalue weighted by atomic mass is 16.2. The Morgan fingerprint density at radius 2 is 1.91 bits per heavy atom. The smallest absolute Gasteiger partial charge is 0.275 e. The SMILES string of the molecule is C[C@@H]([NH2+]CC(=O)N[C@H]1CCCc2ccccc21)c1ccccc1. The van der Waals surface area contributed by atoms with E-state index in [0.717, 1.165) is 19.3 Å². The van der Waals surface area contributed by atoms with Gasteiger partial charge < -0.3 is 10.6 Å². The summed E-state index contributed by atoms with van der Waals surface area (Å²) in [5.74, 6) is 0.120. The van der Waals surface area contributed by atoms with Gasteiger partial charge in [-0.2, -0.15) is 0 Å². The van der Waals surface area contributed by atoms with Crippen LogP contribution in [0.3, 0.4) is 0 Å². The van der Waals surface area contributed by atoms with E-state index in [1.807, 2.05) is 18.2 Å². The molecule has 3 nitrogen and oxygen atoms in total. The molecule has 0 saturated heterocycles. The van der Waals surface area contributed by atoms with Crippen LogP contribution in [-0.4, -0.2) is 12.5 Å². The van der Waals surface area contributed by atoms with E-state index in [2.05, 4.69) is 54.0 Å². The van der Waals surface area contributed by atoms with Crippen LogP contribution in [0.5, 0.6) is 0 Å². The van der Waals surface area contributed by atoms with Gasteiger partial charge in [0.15, 0.2) is 6.54 Å². The quantitative estimate of drug-likeness (QED) is 0.876. The fourth-order valence-corrected chi connectivity index (χ4v) is 3.33. The van der Waals surface area contributed by atoms with Crippen molar-refractivity contribution in [1.29, 1.82) is 0 Å². The second-order valence-electron chi connectivity index (χ2n) is 6.35. The largest absolute Gasteiger partial charge is 0.344 e. The number of hydrogen-bond acceptors (Lipinski definition) is 1. The summed E-state index contributed by atoms with van der Waals surface area (Å²) in [6.45, 7) is 2.60. The maximum Gasteiger partial charge on any atom is 0.275 e. The number of carbonyl (C=O) groups is 1. The molecule has 2 aromatic carbocycles. The fraction of sp³-hybridized carbons (Fsp3) is 0.350. The average Bonchev–Trinajstić information content (AvgIpc) is 2.61. The van der Waals surface area contributed by atoms with E-state index < -0.39 is 0 Å². The van der Waals surface area contributed by atoms with Crippen molar-refractivity contribution in [2.24, 2.45) is 0 Å². The van der Waals surface area contributed by atoms with Gasteiger partial charge in [-0.3, -0.25) is 4.79 Å². The predicted octanol–water partition coefficient (Wildman–Crippen LogP) is 2.50. The van der Waals surface area contributed by atoms with Crippen molar-refractivity contribution in [1.82, 2.24) is 5.32 Å². The first kappa shape index (κ1) is 15.8. The summed E-state index contributed by atoms with van der Waals surface area (Å²) in [5.41, 5.74) is 3.93. The van der Waals surface area contributed by atoms with Crippen LogP contribution in [0, 0.1) is 0 Å². The third-order valence-electron chi connectivity index (χ3n) is 4.69. The van der Waals surface area contributed by atoms with Gasteiger partial charge in [0.05, 0.1) is 6.04 Å². The zero-order valence-corrected chi connectivity index (χ0v) is 13.7. The maximum atomic E-state index is 12.3. The Morgan fingerprint density at radius 1 is 1.17 bits per heavy atom. The molecule has 2 aromatic rings. The first-order chi connectivity index (χ1) is 11.2. The number of fused-ring (bicyclic) bond motifs is 1. The molecular formula is C20H25N2O+. The zero-order valence-electron chi connectivity index (χ0n) is 13.7. The topological polar surface area (TPSA) is 45.7 Å². The lowest BCUT2D eigenvalue weighted by molar-refractivity contribution is -0.682. The molecule has 2 atom stereocenters. The number of nitrogens with one attached hydrogen (secondary N) is 1. The molecule has 0 bridgehead atoms. The van der Waals surface area contributed by atoms with Crippen molar-refractivity contribution < 1.29 is 10.1 Å². The molecule has 1 aliphatic carbocycles. The molecule has 0 unspecified atom stereocenters. The molecule has 0 fully saturated rings. The van der Waals surface area contributed by atoms with E-state index in [1.54, 1.807) is 0 Å². The molecule has 0 aromatic heterocycles. The van der Waals surface area contributed by atoms with Gasteiger partial charge in [0.1, 0.15) is 6.04 Å². The molecule has 0 saturated carbocycles. The molecule has 1 aliphatic rings. The molecule has 1 amide bonds. The third-order valence-corrected chi connectivity index (χ3v) is 4.69. The lowest BCUT2D eigenvalue weighted by atomic mass is 9.88. The summed E-state index contributed by atoms with van der Waals surface area (Å²) in [6, 6.07) is 19.2. The van der Waals surface area contributed by atoms with Crippen LogP contribution in [-0.2, 0) is 11.2 Å². The fourth-order valence-electron chi connectivity index (χ4n) is 3.33. The first-order valence-electron chi connectivity index (χ1n) is 8.49. The normalized spacial score (nSPS) is 18.0. The molecule has 120 valence electrons. The van der Waals surface area contributed by atoms with Gasteiger partial charge in [0.25, 0.3) is 5.91 Å². The van der Waals surface area contributed by atoms with Crippen molar-refractivity contribution in [2.45, 2.75) is 38.3 Å². The molecule has 0 radical (unpaired) electrons. The van der Waals surface area contributed by atoms with Gasteiger partial charge in [-0.25, -0.2) is 0 Å². The molecule has 3 heteroatoms. The van der Waals surface area contributed by atoms with Crippen molar-refractivity contribution in [3.8, 4) is 0 Å². The summed E-state index contributed by atoms with van der Waals surface area (Å²) < 4.78 is 0. The summed E-state index contributed by atoms with van der Waals surface area (Å²) in [5, 5.41) is 5.31. The van der Waals surface area contributed by atoms with Gasteiger partial charge in [0.2, 0.25) is 0 Å². The molecule has 0 heterocycles. The Labute approximate surface area is 138 Å². The van der Waals surface area contributed by atoms with Gasteiger partial charge in [-0.1, -0.05) is 54.6 Å². The zero-order chi connectivity index (χ0) is 16.1. The maximum absolute atomic E-state index is 12.3. The molecule has 23 heavy (non-hydrogen) atoms. The number of aryl methyl sites for hydroxylation is 1. The monoisotopic (exact) mass is 309 g/mol. The average molecular weight is 309 g/mol. The number of quaternary nitrogens is 1. The molecule has 3 N–H and O–H groups in total. The number of benzene rings is 2. The number of nitrogens with two attached hydrogens (primary N) is 1. The molecular weight excluding hydrogens is 284 g/mol. The van der Waals surface area contributed by atoms with E-state index in [9.17, 15) is 4.79 Å².